The van der Waals surface area contributed by atoms with Gasteiger partial charge in [0.25, 0.3) is 0 Å². The van der Waals surface area contributed by atoms with Crippen LogP contribution in [-0.2, 0) is 19.1 Å². The highest BCUT2D eigenvalue weighted by Gasteiger charge is 2.29. The van der Waals surface area contributed by atoms with Gasteiger partial charge in [-0.25, -0.2) is 0 Å². The first-order valence-electron chi connectivity index (χ1n) is 8.13. The Bertz CT molecular complexity index is 421. The van der Waals surface area contributed by atoms with E-state index < -0.39 is 17.4 Å². The standard InChI is InChI=1S/C16H28N2O5/c1-16(11-23-2,9-15(21)22)18-14(20)10-17-13(19)8-7-12-5-3-4-6-12/h12H,3-11H2,1-2H3,(H,17,19)(H,18,20)(H,21,22)/t16-/m0/s1. The van der Waals surface area contributed by atoms with Crippen LogP contribution in [0.4, 0.5) is 0 Å². The molecule has 0 radical (unpaired) electrons. The number of carboxylic acid groups (broad SMARTS) is 1. The minimum absolute atomic E-state index is 0.0840. The molecule has 1 fully saturated rings. The van der Waals surface area contributed by atoms with Crippen LogP contribution in [-0.4, -0.2) is 48.7 Å². The molecule has 0 heterocycles. The Kier molecular flexibility index (Phi) is 8.02. The van der Waals surface area contributed by atoms with Crippen molar-refractivity contribution >= 4 is 17.8 Å². The van der Waals surface area contributed by atoms with E-state index in [1.165, 1.54) is 32.8 Å². The Hall–Kier alpha value is -1.63. The number of amides is 2. The molecule has 1 aliphatic carbocycles. The van der Waals surface area contributed by atoms with Crippen LogP contribution < -0.4 is 10.6 Å². The lowest BCUT2D eigenvalue weighted by Crippen LogP contribution is -2.53. The first kappa shape index (κ1) is 19.4. The Morgan fingerprint density at radius 1 is 1.22 bits per heavy atom. The van der Waals surface area contributed by atoms with E-state index in [0.29, 0.717) is 12.3 Å². The molecule has 0 aromatic heterocycles. The molecule has 23 heavy (non-hydrogen) atoms. The number of hydrogen-bond acceptors (Lipinski definition) is 4. The SMILES string of the molecule is COC[C@](C)(CC(=O)O)NC(=O)CNC(=O)CCC1CCCC1. The first-order chi connectivity index (χ1) is 10.8. The molecule has 0 aliphatic heterocycles. The van der Waals surface area contributed by atoms with Gasteiger partial charge in [0, 0.05) is 13.5 Å². The maximum absolute atomic E-state index is 11.9. The van der Waals surface area contributed by atoms with Crippen molar-refractivity contribution in [2.24, 2.45) is 5.92 Å². The molecule has 0 unspecified atom stereocenters. The second kappa shape index (κ2) is 9.50. The van der Waals surface area contributed by atoms with Gasteiger partial charge in [-0.15, -0.1) is 0 Å². The van der Waals surface area contributed by atoms with Gasteiger partial charge in [-0.05, 0) is 19.3 Å². The molecule has 3 N–H and O–H groups in total. The van der Waals surface area contributed by atoms with Crippen molar-refractivity contribution in [1.29, 1.82) is 0 Å². The average Bonchev–Trinajstić information content (AvgIpc) is 2.95. The Labute approximate surface area is 137 Å². The molecule has 1 rings (SSSR count). The van der Waals surface area contributed by atoms with Crippen molar-refractivity contribution in [3.8, 4) is 0 Å². The highest BCUT2D eigenvalue weighted by Crippen LogP contribution is 2.28. The van der Waals surface area contributed by atoms with Gasteiger partial charge in [0.1, 0.15) is 0 Å². The number of carboxylic acids is 1. The number of carbonyl (C=O) groups is 3. The molecule has 7 heteroatoms. The van der Waals surface area contributed by atoms with E-state index in [0.717, 1.165) is 6.42 Å². The second-order valence-electron chi connectivity index (χ2n) is 6.58. The number of rotatable bonds is 10. The third kappa shape index (κ3) is 7.97. The van der Waals surface area contributed by atoms with Crippen LogP contribution in [0.3, 0.4) is 0 Å². The number of carbonyl (C=O) groups excluding carboxylic acids is 2. The zero-order valence-corrected chi connectivity index (χ0v) is 14.0. The molecule has 132 valence electrons. The summed E-state index contributed by atoms with van der Waals surface area (Å²) in [6, 6.07) is 0. The van der Waals surface area contributed by atoms with Crippen LogP contribution in [0.1, 0.15) is 51.9 Å². The predicted molar refractivity (Wildman–Crippen MR) is 84.9 cm³/mol. The number of nitrogens with one attached hydrogen (secondary N) is 2. The maximum Gasteiger partial charge on any atom is 0.305 e. The van der Waals surface area contributed by atoms with Crippen LogP contribution in [0.5, 0.6) is 0 Å². The highest BCUT2D eigenvalue weighted by molar-refractivity contribution is 5.85. The fourth-order valence-electron chi connectivity index (χ4n) is 3.07. The topological polar surface area (TPSA) is 105 Å². The van der Waals surface area contributed by atoms with Crippen LogP contribution in [0, 0.1) is 5.92 Å². The van der Waals surface area contributed by atoms with Gasteiger partial charge in [0.2, 0.25) is 11.8 Å². The van der Waals surface area contributed by atoms with Crippen molar-refractivity contribution in [2.45, 2.75) is 57.4 Å². The molecule has 0 saturated heterocycles. The van der Waals surface area contributed by atoms with Crippen LogP contribution >= 0.6 is 0 Å². The first-order valence-corrected chi connectivity index (χ1v) is 8.13. The number of aliphatic carboxylic acids is 1. The normalized spacial score (nSPS) is 17.5. The number of ether oxygens (including phenoxy) is 1. The fourth-order valence-corrected chi connectivity index (χ4v) is 3.07. The third-order valence-electron chi connectivity index (χ3n) is 4.15. The van der Waals surface area contributed by atoms with Gasteiger partial charge in [-0.3, -0.25) is 14.4 Å². The van der Waals surface area contributed by atoms with Gasteiger partial charge >= 0.3 is 5.97 Å². The summed E-state index contributed by atoms with van der Waals surface area (Å²) in [4.78, 5) is 34.5. The molecule has 1 saturated carbocycles. The van der Waals surface area contributed by atoms with Crippen molar-refractivity contribution < 1.29 is 24.2 Å². The summed E-state index contributed by atoms with van der Waals surface area (Å²) in [7, 11) is 1.44. The molecule has 0 aromatic rings. The summed E-state index contributed by atoms with van der Waals surface area (Å²) in [6.07, 6.45) is 5.93. The van der Waals surface area contributed by atoms with Crippen molar-refractivity contribution in [1.82, 2.24) is 10.6 Å². The molecule has 0 bridgehead atoms. The molecule has 7 nitrogen and oxygen atoms in total. The van der Waals surface area contributed by atoms with E-state index in [1.807, 2.05) is 0 Å². The predicted octanol–water partition coefficient (Wildman–Crippen LogP) is 1.07. The molecule has 0 aromatic carbocycles. The van der Waals surface area contributed by atoms with E-state index in [9.17, 15) is 14.4 Å². The van der Waals surface area contributed by atoms with Crippen LogP contribution in [0.2, 0.25) is 0 Å². The van der Waals surface area contributed by atoms with Gasteiger partial charge in [-0.2, -0.15) is 0 Å². The number of hydrogen-bond donors (Lipinski definition) is 3. The third-order valence-corrected chi connectivity index (χ3v) is 4.15. The quantitative estimate of drug-likeness (QED) is 0.556. The molecular formula is C16H28N2O5. The highest BCUT2D eigenvalue weighted by atomic mass is 16.5. The van der Waals surface area contributed by atoms with Crippen molar-refractivity contribution in [2.75, 3.05) is 20.3 Å². The van der Waals surface area contributed by atoms with Gasteiger partial charge in [-0.1, -0.05) is 25.7 Å². The molecule has 1 atom stereocenters. The van der Waals surface area contributed by atoms with Gasteiger partial charge in [0.15, 0.2) is 0 Å². The Morgan fingerprint density at radius 2 is 1.87 bits per heavy atom. The summed E-state index contributed by atoms with van der Waals surface area (Å²) in [6.45, 7) is 1.54. The maximum atomic E-state index is 11.9. The summed E-state index contributed by atoms with van der Waals surface area (Å²) >= 11 is 0. The van der Waals surface area contributed by atoms with E-state index in [4.69, 9.17) is 9.84 Å². The molecule has 1 aliphatic rings. The lowest BCUT2D eigenvalue weighted by molar-refractivity contribution is -0.140. The lowest BCUT2D eigenvalue weighted by Gasteiger charge is -2.28. The Balaban J connectivity index is 2.30. The monoisotopic (exact) mass is 328 g/mol. The van der Waals surface area contributed by atoms with Gasteiger partial charge < -0.3 is 20.5 Å². The second-order valence-corrected chi connectivity index (χ2v) is 6.58. The smallest absolute Gasteiger partial charge is 0.305 e. The van der Waals surface area contributed by atoms with E-state index in [1.54, 1.807) is 6.92 Å². The van der Waals surface area contributed by atoms with Crippen molar-refractivity contribution in [3.05, 3.63) is 0 Å². The number of methoxy groups -OCH3 is 1. The minimum Gasteiger partial charge on any atom is -0.481 e. The zero-order valence-electron chi connectivity index (χ0n) is 14.0. The van der Waals surface area contributed by atoms with Crippen molar-refractivity contribution in [3.63, 3.8) is 0 Å². The molecule has 2 amide bonds. The van der Waals surface area contributed by atoms with Crippen LogP contribution in [0.25, 0.3) is 0 Å². The minimum atomic E-state index is -1.02. The lowest BCUT2D eigenvalue weighted by atomic mass is 9.99. The van der Waals surface area contributed by atoms with E-state index in [-0.39, 0.29) is 25.5 Å². The zero-order chi connectivity index (χ0) is 17.3. The Morgan fingerprint density at radius 3 is 2.43 bits per heavy atom. The summed E-state index contributed by atoms with van der Waals surface area (Å²) in [5, 5.41) is 14.1. The van der Waals surface area contributed by atoms with Crippen LogP contribution in [0.15, 0.2) is 0 Å². The fraction of sp³-hybridized carbons (Fsp3) is 0.812. The molecule has 0 spiro atoms. The van der Waals surface area contributed by atoms with E-state index >= 15 is 0 Å². The largest absolute Gasteiger partial charge is 0.481 e. The summed E-state index contributed by atoms with van der Waals surface area (Å²) in [5.41, 5.74) is -0.994. The summed E-state index contributed by atoms with van der Waals surface area (Å²) in [5.74, 6) is -0.945. The summed E-state index contributed by atoms with van der Waals surface area (Å²) < 4.78 is 4.96. The van der Waals surface area contributed by atoms with E-state index in [2.05, 4.69) is 10.6 Å². The molecular weight excluding hydrogens is 300 g/mol. The average molecular weight is 328 g/mol. The van der Waals surface area contributed by atoms with Gasteiger partial charge in [0.05, 0.1) is 25.1 Å².